The summed E-state index contributed by atoms with van der Waals surface area (Å²) in [5, 5.41) is 0. The van der Waals surface area contributed by atoms with Crippen molar-refractivity contribution in [2.45, 2.75) is 32.4 Å². The highest BCUT2D eigenvalue weighted by Crippen LogP contribution is 1.85. The summed E-state index contributed by atoms with van der Waals surface area (Å²) in [6.07, 6.45) is 0.670. The number of hydrazine groups is 1. The Morgan fingerprint density at radius 1 is 1.50 bits per heavy atom. The number of rotatable bonds is 6. The normalized spacial score (nSPS) is 12.9. The van der Waals surface area contributed by atoms with E-state index in [1.165, 1.54) is 0 Å². The van der Waals surface area contributed by atoms with Gasteiger partial charge in [0.1, 0.15) is 6.29 Å². The van der Waals surface area contributed by atoms with Gasteiger partial charge in [-0.1, -0.05) is 0 Å². The number of amides is 1. The van der Waals surface area contributed by atoms with Gasteiger partial charge in [0, 0.05) is 12.5 Å². The summed E-state index contributed by atoms with van der Waals surface area (Å²) in [5.74, 6) is -0.495. The standard InChI is InChI=1S/C7H15N3O2/c1-5(2)9-10-6(4-11)3-7(8)12/h4-6,9-10H,3H2,1-2H3,(H2,8,12)/t6-/m1/s1. The number of nitrogens with one attached hydrogen (secondary N) is 2. The Balaban J connectivity index is 3.67. The lowest BCUT2D eigenvalue weighted by atomic mass is 10.2. The van der Waals surface area contributed by atoms with Gasteiger partial charge >= 0.3 is 0 Å². The average Bonchev–Trinajstić information content (AvgIpc) is 1.97. The fraction of sp³-hybridized carbons (Fsp3) is 0.714. The van der Waals surface area contributed by atoms with Gasteiger partial charge < -0.3 is 10.5 Å². The number of carbonyl (C=O) groups is 2. The lowest BCUT2D eigenvalue weighted by Crippen LogP contribution is -2.46. The van der Waals surface area contributed by atoms with Crippen molar-refractivity contribution in [1.82, 2.24) is 10.9 Å². The molecule has 1 atom stereocenters. The van der Waals surface area contributed by atoms with Gasteiger partial charge in [0.05, 0.1) is 6.04 Å². The minimum Gasteiger partial charge on any atom is -0.370 e. The number of primary amides is 1. The van der Waals surface area contributed by atoms with Crippen LogP contribution in [-0.4, -0.2) is 24.3 Å². The lowest BCUT2D eigenvalue weighted by molar-refractivity contribution is -0.121. The summed E-state index contributed by atoms with van der Waals surface area (Å²) in [6.45, 7) is 3.83. The van der Waals surface area contributed by atoms with Crippen molar-refractivity contribution in [1.29, 1.82) is 0 Å². The average molecular weight is 173 g/mol. The maximum Gasteiger partial charge on any atom is 0.219 e. The van der Waals surface area contributed by atoms with E-state index < -0.39 is 11.9 Å². The molecule has 0 aliphatic heterocycles. The van der Waals surface area contributed by atoms with E-state index >= 15 is 0 Å². The molecule has 4 N–H and O–H groups in total. The highest BCUT2D eigenvalue weighted by molar-refractivity contribution is 5.78. The molecule has 5 heteroatoms. The summed E-state index contributed by atoms with van der Waals surface area (Å²) in [4.78, 5) is 20.8. The molecule has 0 unspecified atom stereocenters. The molecule has 0 aromatic carbocycles. The molecule has 5 nitrogen and oxygen atoms in total. The molecule has 0 aliphatic carbocycles. The minimum atomic E-state index is -0.537. The Morgan fingerprint density at radius 2 is 2.08 bits per heavy atom. The van der Waals surface area contributed by atoms with Crippen molar-refractivity contribution < 1.29 is 9.59 Å². The first kappa shape index (κ1) is 11.1. The predicted octanol–water partition coefficient (Wildman–Crippen LogP) is -1.07. The second-order valence-electron chi connectivity index (χ2n) is 2.86. The molecule has 1 amide bonds. The van der Waals surface area contributed by atoms with E-state index in [2.05, 4.69) is 10.9 Å². The Kier molecular flexibility index (Phi) is 5.23. The molecule has 0 saturated carbocycles. The molecule has 0 aliphatic rings. The third-order valence-electron chi connectivity index (χ3n) is 1.14. The van der Waals surface area contributed by atoms with Crippen LogP contribution in [0.15, 0.2) is 0 Å². The van der Waals surface area contributed by atoms with Crippen LogP contribution in [0.2, 0.25) is 0 Å². The quantitative estimate of drug-likeness (QED) is 0.353. The molecule has 0 heterocycles. The van der Waals surface area contributed by atoms with Gasteiger partial charge in [-0.05, 0) is 13.8 Å². The topological polar surface area (TPSA) is 84.2 Å². The highest BCUT2D eigenvalue weighted by Gasteiger charge is 2.09. The van der Waals surface area contributed by atoms with Crippen LogP contribution in [0.4, 0.5) is 0 Å². The number of hydrogen-bond acceptors (Lipinski definition) is 4. The first-order valence-electron chi connectivity index (χ1n) is 3.81. The Morgan fingerprint density at radius 3 is 2.42 bits per heavy atom. The molecular formula is C7H15N3O2. The molecule has 0 radical (unpaired) electrons. The van der Waals surface area contributed by atoms with Gasteiger partial charge in [0.15, 0.2) is 0 Å². The van der Waals surface area contributed by atoms with E-state index in [4.69, 9.17) is 5.73 Å². The van der Waals surface area contributed by atoms with E-state index in [0.717, 1.165) is 0 Å². The number of nitrogens with two attached hydrogens (primary N) is 1. The van der Waals surface area contributed by atoms with Gasteiger partial charge in [-0.25, -0.2) is 5.43 Å². The monoisotopic (exact) mass is 173 g/mol. The van der Waals surface area contributed by atoms with Crippen LogP contribution >= 0.6 is 0 Å². The van der Waals surface area contributed by atoms with Crippen molar-refractivity contribution in [2.24, 2.45) is 5.73 Å². The third-order valence-corrected chi connectivity index (χ3v) is 1.14. The molecule has 0 spiro atoms. The van der Waals surface area contributed by atoms with Gasteiger partial charge in [-0.15, -0.1) is 0 Å². The largest absolute Gasteiger partial charge is 0.370 e. The molecular weight excluding hydrogens is 158 g/mol. The van der Waals surface area contributed by atoms with E-state index in [1.807, 2.05) is 13.8 Å². The van der Waals surface area contributed by atoms with E-state index in [-0.39, 0.29) is 12.5 Å². The maximum atomic E-state index is 10.4. The summed E-state index contributed by atoms with van der Waals surface area (Å²) in [7, 11) is 0. The number of hydrogen-bond donors (Lipinski definition) is 3. The molecule has 0 aromatic heterocycles. The van der Waals surface area contributed by atoms with Crippen molar-refractivity contribution in [3.05, 3.63) is 0 Å². The molecule has 0 bridgehead atoms. The molecule has 0 aromatic rings. The van der Waals surface area contributed by atoms with Gasteiger partial charge in [0.2, 0.25) is 5.91 Å². The second kappa shape index (κ2) is 5.68. The van der Waals surface area contributed by atoms with Crippen molar-refractivity contribution in [3.8, 4) is 0 Å². The molecule has 70 valence electrons. The molecule has 0 rings (SSSR count). The van der Waals surface area contributed by atoms with Crippen molar-refractivity contribution >= 4 is 12.2 Å². The van der Waals surface area contributed by atoms with Crippen LogP contribution in [-0.2, 0) is 9.59 Å². The number of carbonyl (C=O) groups excluding carboxylic acids is 2. The predicted molar refractivity (Wildman–Crippen MR) is 45.1 cm³/mol. The van der Waals surface area contributed by atoms with Crippen LogP contribution in [0.5, 0.6) is 0 Å². The lowest BCUT2D eigenvalue weighted by Gasteiger charge is -2.14. The summed E-state index contributed by atoms with van der Waals surface area (Å²) in [5.41, 5.74) is 10.4. The van der Waals surface area contributed by atoms with Crippen molar-refractivity contribution in [3.63, 3.8) is 0 Å². The fourth-order valence-electron chi connectivity index (χ4n) is 0.624. The summed E-state index contributed by atoms with van der Waals surface area (Å²) < 4.78 is 0. The zero-order valence-corrected chi connectivity index (χ0v) is 7.33. The number of aldehydes is 1. The van der Waals surface area contributed by atoms with Gasteiger partial charge in [-0.3, -0.25) is 10.2 Å². The third kappa shape index (κ3) is 5.82. The smallest absolute Gasteiger partial charge is 0.219 e. The first-order valence-corrected chi connectivity index (χ1v) is 3.81. The van der Waals surface area contributed by atoms with E-state index in [0.29, 0.717) is 6.29 Å². The van der Waals surface area contributed by atoms with Crippen LogP contribution in [0.1, 0.15) is 20.3 Å². The SMILES string of the molecule is CC(C)NN[C@@H](C=O)CC(N)=O. The second-order valence-corrected chi connectivity index (χ2v) is 2.86. The van der Waals surface area contributed by atoms with Crippen molar-refractivity contribution in [2.75, 3.05) is 0 Å². The van der Waals surface area contributed by atoms with Crippen LogP contribution < -0.4 is 16.6 Å². The summed E-state index contributed by atoms with van der Waals surface area (Å²) in [6, 6.07) is -0.328. The molecule has 0 saturated heterocycles. The Labute approximate surface area is 71.7 Å². The fourth-order valence-corrected chi connectivity index (χ4v) is 0.624. The Hall–Kier alpha value is -0.940. The van der Waals surface area contributed by atoms with Crippen LogP contribution in [0.3, 0.4) is 0 Å². The van der Waals surface area contributed by atoms with Crippen LogP contribution in [0.25, 0.3) is 0 Å². The van der Waals surface area contributed by atoms with Crippen LogP contribution in [0, 0.1) is 0 Å². The minimum absolute atomic E-state index is 0.0171. The van der Waals surface area contributed by atoms with E-state index in [9.17, 15) is 9.59 Å². The zero-order chi connectivity index (χ0) is 9.56. The van der Waals surface area contributed by atoms with E-state index in [1.54, 1.807) is 0 Å². The summed E-state index contributed by atoms with van der Waals surface area (Å²) >= 11 is 0. The van der Waals surface area contributed by atoms with Gasteiger partial charge in [-0.2, -0.15) is 0 Å². The van der Waals surface area contributed by atoms with Gasteiger partial charge in [0.25, 0.3) is 0 Å². The zero-order valence-electron chi connectivity index (χ0n) is 7.33. The highest BCUT2D eigenvalue weighted by atomic mass is 16.1. The Bertz CT molecular complexity index is 159. The molecule has 0 fully saturated rings. The molecule has 12 heavy (non-hydrogen) atoms. The first-order chi connectivity index (χ1) is 5.56. The maximum absolute atomic E-state index is 10.4.